The lowest BCUT2D eigenvalue weighted by atomic mass is 9.84. The van der Waals surface area contributed by atoms with Crippen molar-refractivity contribution in [2.24, 2.45) is 5.92 Å². The summed E-state index contributed by atoms with van der Waals surface area (Å²) >= 11 is 0. The van der Waals surface area contributed by atoms with Crippen molar-refractivity contribution in [2.45, 2.75) is 116 Å². The molecule has 0 bridgehead atoms. The molecule has 3 aromatic rings. The molecule has 1 amide bonds. The average molecular weight is 706 g/mol. The summed E-state index contributed by atoms with van der Waals surface area (Å²) < 4.78 is 86.1. The van der Waals surface area contributed by atoms with Gasteiger partial charge in [-0.15, -0.1) is 0 Å². The van der Waals surface area contributed by atoms with Crippen molar-refractivity contribution < 1.29 is 45.6 Å². The Morgan fingerprint density at radius 2 is 1.59 bits per heavy atom. The summed E-state index contributed by atoms with van der Waals surface area (Å²) in [6.07, 6.45) is 1.03. The molecule has 12 heteroatoms. The first-order chi connectivity index (χ1) is 23.1. The van der Waals surface area contributed by atoms with Crippen LogP contribution >= 0.6 is 7.82 Å². The van der Waals surface area contributed by atoms with Gasteiger partial charge in [0.05, 0.1) is 31.5 Å². The van der Waals surface area contributed by atoms with Gasteiger partial charge in [-0.1, -0.05) is 68.7 Å². The van der Waals surface area contributed by atoms with Crippen LogP contribution in [-0.2, 0) is 47.8 Å². The highest BCUT2D eigenvalue weighted by molar-refractivity contribution is 7.48. The second kappa shape index (κ2) is 15.0. The highest BCUT2D eigenvalue weighted by atomic mass is 31.2. The third-order valence-electron chi connectivity index (χ3n) is 9.12. The van der Waals surface area contributed by atoms with Gasteiger partial charge >= 0.3 is 20.1 Å². The Morgan fingerprint density at radius 1 is 0.939 bits per heavy atom. The van der Waals surface area contributed by atoms with Gasteiger partial charge in [0.15, 0.2) is 0 Å². The van der Waals surface area contributed by atoms with E-state index in [1.165, 1.54) is 18.2 Å². The maximum atomic E-state index is 14.7. The summed E-state index contributed by atoms with van der Waals surface area (Å²) in [4.78, 5) is 13.1. The van der Waals surface area contributed by atoms with Crippen LogP contribution in [0.3, 0.4) is 0 Å². The van der Waals surface area contributed by atoms with Gasteiger partial charge in [-0.25, -0.2) is 9.36 Å². The van der Waals surface area contributed by atoms with Gasteiger partial charge in [0.1, 0.15) is 16.9 Å². The number of benzene rings is 3. The van der Waals surface area contributed by atoms with E-state index in [-0.39, 0.29) is 35.8 Å². The number of fused-ring (bicyclic) bond motifs is 2. The van der Waals surface area contributed by atoms with E-state index in [4.69, 9.17) is 23.0 Å². The SMILES string of the molecule is CCCC[C@H]1CC[C@@H](Oc2ccc3cc([C@](C)(COP4(=O)OCc5ccccc5CO4)NC(=O)OC(C)(C)C)ccc3c2C(F)(F)F)CC1. The lowest BCUT2D eigenvalue weighted by Crippen LogP contribution is -2.48. The van der Waals surface area contributed by atoms with Gasteiger partial charge in [0, 0.05) is 0 Å². The molecule has 268 valence electrons. The minimum Gasteiger partial charge on any atom is -0.490 e. The fourth-order valence-electron chi connectivity index (χ4n) is 6.43. The predicted octanol–water partition coefficient (Wildman–Crippen LogP) is 10.6. The number of phosphoric ester groups is 1. The van der Waals surface area contributed by atoms with Gasteiger partial charge in [0.25, 0.3) is 0 Å². The molecule has 0 aromatic heterocycles. The van der Waals surface area contributed by atoms with E-state index < -0.39 is 43.4 Å². The molecule has 2 aliphatic rings. The fraction of sp³-hybridized carbons (Fsp3) is 0.541. The van der Waals surface area contributed by atoms with Crippen molar-refractivity contribution in [2.75, 3.05) is 6.61 Å². The molecule has 1 heterocycles. The summed E-state index contributed by atoms with van der Waals surface area (Å²) in [6, 6.07) is 14.7. The topological polar surface area (TPSA) is 92.3 Å². The first-order valence-electron chi connectivity index (χ1n) is 17.0. The maximum absolute atomic E-state index is 14.7. The number of phosphoric acid groups is 1. The highest BCUT2D eigenvalue weighted by Crippen LogP contribution is 2.54. The predicted molar refractivity (Wildman–Crippen MR) is 181 cm³/mol. The number of carbonyl (C=O) groups excluding carboxylic acids is 1. The zero-order valence-electron chi connectivity index (χ0n) is 28.9. The van der Waals surface area contributed by atoms with Gasteiger partial charge < -0.3 is 14.8 Å². The number of amides is 1. The van der Waals surface area contributed by atoms with Crippen LogP contribution in [-0.4, -0.2) is 24.4 Å². The number of halogens is 3. The number of hydrogen-bond donors (Lipinski definition) is 1. The van der Waals surface area contributed by atoms with Crippen molar-refractivity contribution in [3.05, 3.63) is 76.9 Å². The van der Waals surface area contributed by atoms with E-state index in [9.17, 15) is 22.5 Å². The minimum atomic E-state index is -4.68. The standard InChI is InChI=1S/C37H47F3NO7P/c1-6-7-10-25-13-17-30(18-14-25)47-32-20-15-26-21-29(16-19-31(26)33(32)37(38,39)40)36(5,41-34(42)48-35(2,3)4)24-46-49(43)44-22-27-11-8-9-12-28(27)23-45-49/h8-9,11-12,15-16,19-21,25,30H,6-7,10,13-14,17-18,22-24H2,1-5H3,(H,41,42)/t25-,30+,36-/m0/s1. The quantitative estimate of drug-likeness (QED) is 0.210. The fourth-order valence-corrected chi connectivity index (χ4v) is 7.67. The molecule has 1 atom stereocenters. The Labute approximate surface area is 286 Å². The van der Waals surface area contributed by atoms with E-state index in [2.05, 4.69) is 12.2 Å². The Bertz CT molecular complexity index is 1630. The summed E-state index contributed by atoms with van der Waals surface area (Å²) in [6.45, 7) is 8.46. The van der Waals surface area contributed by atoms with E-state index >= 15 is 0 Å². The van der Waals surface area contributed by atoms with Gasteiger partial charge in [0.2, 0.25) is 0 Å². The monoisotopic (exact) mass is 705 g/mol. The summed E-state index contributed by atoms with van der Waals surface area (Å²) in [5.74, 6) is 0.407. The first kappa shape index (κ1) is 37.2. The van der Waals surface area contributed by atoms with E-state index in [0.717, 1.165) is 56.1 Å². The number of rotatable bonds is 10. The molecule has 5 rings (SSSR count). The number of alkyl carbamates (subject to hydrolysis) is 1. The van der Waals surface area contributed by atoms with Crippen molar-refractivity contribution in [3.63, 3.8) is 0 Å². The van der Waals surface area contributed by atoms with E-state index in [1.54, 1.807) is 39.8 Å². The molecule has 0 saturated heterocycles. The Hall–Kier alpha value is -3.11. The molecule has 1 fully saturated rings. The Balaban J connectivity index is 1.42. The molecule has 1 aliphatic carbocycles. The van der Waals surface area contributed by atoms with Crippen LogP contribution in [0.2, 0.25) is 0 Å². The average Bonchev–Trinajstić information content (AvgIpc) is 3.21. The Kier molecular flexibility index (Phi) is 11.4. The molecule has 0 unspecified atom stereocenters. The normalized spacial score (nSPS) is 20.9. The van der Waals surface area contributed by atoms with Crippen molar-refractivity contribution >= 4 is 24.7 Å². The maximum Gasteiger partial charge on any atom is 0.475 e. The summed E-state index contributed by atoms with van der Waals surface area (Å²) in [5.41, 5.74) is -1.11. The number of alkyl halides is 3. The van der Waals surface area contributed by atoms with Gasteiger partial charge in [-0.3, -0.25) is 13.6 Å². The lowest BCUT2D eigenvalue weighted by Gasteiger charge is -2.33. The molecular formula is C37H47F3NO7P. The zero-order valence-corrected chi connectivity index (χ0v) is 29.8. The van der Waals surface area contributed by atoms with Crippen LogP contribution in [0.4, 0.5) is 18.0 Å². The number of ether oxygens (including phenoxy) is 2. The van der Waals surface area contributed by atoms with Crippen LogP contribution in [0.25, 0.3) is 10.8 Å². The van der Waals surface area contributed by atoms with E-state index in [1.807, 2.05) is 24.3 Å². The van der Waals surface area contributed by atoms with Crippen molar-refractivity contribution in [3.8, 4) is 5.75 Å². The van der Waals surface area contributed by atoms with Gasteiger partial charge in [-0.05, 0) is 98.9 Å². The van der Waals surface area contributed by atoms with Gasteiger partial charge in [-0.2, -0.15) is 13.2 Å². The molecule has 8 nitrogen and oxygen atoms in total. The molecular weight excluding hydrogens is 658 g/mol. The van der Waals surface area contributed by atoms with Crippen LogP contribution < -0.4 is 10.1 Å². The number of nitrogens with one attached hydrogen (secondary N) is 1. The number of unbranched alkanes of at least 4 members (excludes halogenated alkanes) is 1. The lowest BCUT2D eigenvalue weighted by molar-refractivity contribution is -0.138. The van der Waals surface area contributed by atoms with E-state index in [0.29, 0.717) is 11.5 Å². The second-order valence-electron chi connectivity index (χ2n) is 14.3. The largest absolute Gasteiger partial charge is 0.490 e. The number of hydrogen-bond acceptors (Lipinski definition) is 7. The Morgan fingerprint density at radius 3 is 2.18 bits per heavy atom. The van der Waals surface area contributed by atoms with Crippen LogP contribution in [0.15, 0.2) is 54.6 Å². The summed E-state index contributed by atoms with van der Waals surface area (Å²) in [5, 5.41) is 3.03. The molecule has 49 heavy (non-hydrogen) atoms. The van der Waals surface area contributed by atoms with Crippen LogP contribution in [0.5, 0.6) is 5.75 Å². The third-order valence-corrected chi connectivity index (χ3v) is 10.5. The third kappa shape index (κ3) is 9.57. The van der Waals surface area contributed by atoms with Crippen molar-refractivity contribution in [1.29, 1.82) is 0 Å². The molecule has 0 spiro atoms. The summed E-state index contributed by atoms with van der Waals surface area (Å²) in [7, 11) is -4.11. The number of carbonyl (C=O) groups is 1. The van der Waals surface area contributed by atoms with Crippen LogP contribution in [0, 0.1) is 5.92 Å². The van der Waals surface area contributed by atoms with Crippen LogP contribution in [0.1, 0.15) is 102 Å². The minimum absolute atomic E-state index is 0.00937. The first-order valence-corrected chi connectivity index (χ1v) is 18.5. The molecule has 3 aromatic carbocycles. The molecule has 1 N–H and O–H groups in total. The molecule has 0 radical (unpaired) electrons. The smallest absolute Gasteiger partial charge is 0.475 e. The molecule has 1 aliphatic heterocycles. The van der Waals surface area contributed by atoms with Crippen molar-refractivity contribution in [1.82, 2.24) is 5.32 Å². The zero-order chi connectivity index (χ0) is 35.5. The molecule has 1 saturated carbocycles. The second-order valence-corrected chi connectivity index (χ2v) is 15.9. The highest BCUT2D eigenvalue weighted by Gasteiger charge is 2.40.